The van der Waals surface area contributed by atoms with Crippen LogP contribution in [0.15, 0.2) is 36.4 Å². The zero-order chi connectivity index (χ0) is 21.6. The van der Waals surface area contributed by atoms with E-state index in [0.717, 1.165) is 24.3 Å². The van der Waals surface area contributed by atoms with Gasteiger partial charge in [-0.3, -0.25) is 9.59 Å². The highest BCUT2D eigenvalue weighted by atomic mass is 19.2. The molecule has 2 rings (SSSR count). The molecule has 2 N–H and O–H groups in total. The number of amides is 2. The number of benzene rings is 2. The molecule has 29 heavy (non-hydrogen) atoms. The molecule has 2 amide bonds. The minimum Gasteiger partial charge on any atom is -0.362 e. The van der Waals surface area contributed by atoms with E-state index < -0.39 is 60.4 Å². The summed E-state index contributed by atoms with van der Waals surface area (Å²) in [6.45, 7) is 2.31. The Morgan fingerprint density at radius 1 is 0.759 bits per heavy atom. The van der Waals surface area contributed by atoms with Crippen LogP contribution in [0, 0.1) is 23.3 Å². The molecule has 2 unspecified atom stereocenters. The van der Waals surface area contributed by atoms with E-state index in [1.54, 1.807) is 13.8 Å². The Balaban J connectivity index is 1.75. The van der Waals surface area contributed by atoms with Crippen LogP contribution in [0.5, 0.6) is 0 Å². The lowest BCUT2D eigenvalue weighted by atomic mass is 10.1. The molecular formula is C20H20F4N2O3. The van der Waals surface area contributed by atoms with Gasteiger partial charge in [-0.05, 0) is 49.2 Å². The summed E-state index contributed by atoms with van der Waals surface area (Å²) in [5.74, 6) is -5.12. The Morgan fingerprint density at radius 3 is 1.48 bits per heavy atom. The molecular weight excluding hydrogens is 392 g/mol. The minimum atomic E-state index is -1.02. The molecule has 0 aromatic heterocycles. The second-order valence-corrected chi connectivity index (χ2v) is 6.42. The number of ether oxygens (including phenoxy) is 1. The number of carbonyl (C=O) groups is 2. The first-order valence-corrected chi connectivity index (χ1v) is 8.73. The second-order valence-electron chi connectivity index (χ2n) is 6.42. The van der Waals surface area contributed by atoms with Crippen molar-refractivity contribution in [2.24, 2.45) is 0 Å². The number of halogens is 4. The summed E-state index contributed by atoms with van der Waals surface area (Å²) in [4.78, 5) is 23.7. The van der Waals surface area contributed by atoms with Gasteiger partial charge < -0.3 is 15.4 Å². The van der Waals surface area contributed by atoms with Gasteiger partial charge in [0, 0.05) is 0 Å². The normalized spacial score (nSPS) is 12.9. The predicted molar refractivity (Wildman–Crippen MR) is 96.7 cm³/mol. The fourth-order valence-corrected chi connectivity index (χ4v) is 2.53. The Labute approximate surface area is 165 Å². The molecule has 0 bridgehead atoms. The molecule has 2 aromatic carbocycles. The van der Waals surface area contributed by atoms with Crippen LogP contribution in [0.1, 0.15) is 37.1 Å². The maximum Gasteiger partial charge on any atom is 0.246 e. The van der Waals surface area contributed by atoms with Crippen molar-refractivity contribution in [3.05, 3.63) is 70.8 Å². The van der Waals surface area contributed by atoms with Crippen LogP contribution in [0.25, 0.3) is 0 Å². The molecule has 0 spiro atoms. The smallest absolute Gasteiger partial charge is 0.246 e. The first-order chi connectivity index (χ1) is 13.7. The van der Waals surface area contributed by atoms with Crippen LogP contribution in [0.3, 0.4) is 0 Å². The number of hydrogen-bond acceptors (Lipinski definition) is 3. The maximum atomic E-state index is 13.2. The molecule has 9 heteroatoms. The monoisotopic (exact) mass is 412 g/mol. The van der Waals surface area contributed by atoms with E-state index in [4.69, 9.17) is 4.74 Å². The number of hydrogen-bond donors (Lipinski definition) is 2. The summed E-state index contributed by atoms with van der Waals surface area (Å²) in [5, 5.41) is 5.07. The molecule has 2 atom stereocenters. The zero-order valence-electron chi connectivity index (χ0n) is 15.8. The van der Waals surface area contributed by atoms with Crippen LogP contribution in [0.2, 0.25) is 0 Å². The second kappa shape index (κ2) is 10.0. The summed E-state index contributed by atoms with van der Waals surface area (Å²) >= 11 is 0. The fraction of sp³-hybridized carbons (Fsp3) is 0.300. The highest BCUT2D eigenvalue weighted by molar-refractivity contribution is 5.80. The third-order valence-electron chi connectivity index (χ3n) is 4.11. The van der Waals surface area contributed by atoms with Gasteiger partial charge in [-0.25, -0.2) is 17.6 Å². The van der Waals surface area contributed by atoms with Crippen molar-refractivity contribution < 1.29 is 31.9 Å². The van der Waals surface area contributed by atoms with E-state index in [-0.39, 0.29) is 0 Å². The summed E-state index contributed by atoms with van der Waals surface area (Å²) < 4.78 is 57.4. The molecule has 0 aliphatic heterocycles. The Hall–Kier alpha value is -2.94. The van der Waals surface area contributed by atoms with Crippen molar-refractivity contribution in [1.82, 2.24) is 10.6 Å². The van der Waals surface area contributed by atoms with Crippen molar-refractivity contribution in [1.29, 1.82) is 0 Å². The molecule has 156 valence electrons. The molecule has 0 radical (unpaired) electrons. The van der Waals surface area contributed by atoms with Gasteiger partial charge in [0.1, 0.15) is 13.2 Å². The zero-order valence-corrected chi connectivity index (χ0v) is 15.8. The molecule has 0 saturated heterocycles. The van der Waals surface area contributed by atoms with Crippen LogP contribution in [-0.2, 0) is 14.3 Å². The lowest BCUT2D eigenvalue weighted by Gasteiger charge is -2.16. The van der Waals surface area contributed by atoms with E-state index in [1.807, 2.05) is 0 Å². The first kappa shape index (κ1) is 22.4. The molecule has 0 saturated carbocycles. The van der Waals surface area contributed by atoms with Crippen LogP contribution >= 0.6 is 0 Å². The summed E-state index contributed by atoms with van der Waals surface area (Å²) in [5.41, 5.74) is 0.741. The molecule has 0 aliphatic carbocycles. The van der Waals surface area contributed by atoms with Crippen molar-refractivity contribution in [2.45, 2.75) is 25.9 Å². The van der Waals surface area contributed by atoms with Gasteiger partial charge in [0.25, 0.3) is 0 Å². The topological polar surface area (TPSA) is 67.4 Å². The van der Waals surface area contributed by atoms with Crippen LogP contribution in [-0.4, -0.2) is 25.0 Å². The Kier molecular flexibility index (Phi) is 7.72. The van der Waals surface area contributed by atoms with E-state index in [0.29, 0.717) is 11.1 Å². The van der Waals surface area contributed by atoms with Gasteiger partial charge in [0.2, 0.25) is 11.8 Å². The number of nitrogens with one attached hydrogen (secondary N) is 2. The van der Waals surface area contributed by atoms with Crippen molar-refractivity contribution in [3.8, 4) is 0 Å². The average molecular weight is 412 g/mol. The predicted octanol–water partition coefficient (Wildman–Crippen LogP) is 3.31. The highest BCUT2D eigenvalue weighted by Gasteiger charge is 2.15. The fourth-order valence-electron chi connectivity index (χ4n) is 2.53. The molecule has 2 aromatic rings. The van der Waals surface area contributed by atoms with Gasteiger partial charge >= 0.3 is 0 Å². The molecule has 0 fully saturated rings. The summed E-state index contributed by atoms with van der Waals surface area (Å²) in [6.07, 6.45) is 0. The van der Waals surface area contributed by atoms with E-state index in [1.165, 1.54) is 12.1 Å². The Morgan fingerprint density at radius 2 is 1.14 bits per heavy atom. The largest absolute Gasteiger partial charge is 0.362 e. The van der Waals surface area contributed by atoms with Gasteiger partial charge in [-0.15, -0.1) is 0 Å². The standard InChI is InChI=1S/C20H20F4N2O3/c1-11(13-3-5-15(21)17(23)7-13)25-19(27)9-29-10-20(28)26-12(2)14-4-6-16(22)18(24)8-14/h3-8,11-12H,9-10H2,1-2H3,(H,25,27)(H,26,28). The average Bonchev–Trinajstić information content (AvgIpc) is 2.65. The lowest BCUT2D eigenvalue weighted by molar-refractivity contribution is -0.131. The minimum absolute atomic E-state index is 0.371. The Bertz CT molecular complexity index is 821. The third kappa shape index (κ3) is 6.56. The van der Waals surface area contributed by atoms with Crippen LogP contribution in [0.4, 0.5) is 17.6 Å². The third-order valence-corrected chi connectivity index (χ3v) is 4.11. The summed E-state index contributed by atoms with van der Waals surface area (Å²) in [6, 6.07) is 5.38. The van der Waals surface area contributed by atoms with Crippen molar-refractivity contribution in [2.75, 3.05) is 13.2 Å². The van der Waals surface area contributed by atoms with Gasteiger partial charge in [0.15, 0.2) is 23.3 Å². The van der Waals surface area contributed by atoms with Crippen molar-refractivity contribution >= 4 is 11.8 Å². The number of rotatable bonds is 8. The van der Waals surface area contributed by atoms with Crippen LogP contribution < -0.4 is 10.6 Å². The van der Waals surface area contributed by atoms with Crippen molar-refractivity contribution in [3.63, 3.8) is 0 Å². The summed E-state index contributed by atoms with van der Waals surface area (Å²) in [7, 11) is 0. The quantitative estimate of drug-likeness (QED) is 0.654. The van der Waals surface area contributed by atoms with Gasteiger partial charge in [0.05, 0.1) is 12.1 Å². The molecule has 5 nitrogen and oxygen atoms in total. The SMILES string of the molecule is CC(NC(=O)COCC(=O)NC(C)c1ccc(F)c(F)c1)c1ccc(F)c(F)c1. The van der Waals surface area contributed by atoms with E-state index in [9.17, 15) is 27.2 Å². The first-order valence-electron chi connectivity index (χ1n) is 8.73. The van der Waals surface area contributed by atoms with Gasteiger partial charge in [-0.2, -0.15) is 0 Å². The number of carbonyl (C=O) groups excluding carboxylic acids is 2. The maximum absolute atomic E-state index is 13.2. The lowest BCUT2D eigenvalue weighted by Crippen LogP contribution is -2.34. The van der Waals surface area contributed by atoms with E-state index >= 15 is 0 Å². The highest BCUT2D eigenvalue weighted by Crippen LogP contribution is 2.17. The molecule has 0 heterocycles. The van der Waals surface area contributed by atoms with Gasteiger partial charge in [-0.1, -0.05) is 12.1 Å². The molecule has 0 aliphatic rings. The van der Waals surface area contributed by atoms with E-state index in [2.05, 4.69) is 10.6 Å².